The summed E-state index contributed by atoms with van der Waals surface area (Å²) >= 11 is 0. The minimum atomic E-state index is -3.77. The first-order valence-corrected chi connectivity index (χ1v) is 12.0. The average Bonchev–Trinajstić information content (AvgIpc) is 3.15. The van der Waals surface area contributed by atoms with Gasteiger partial charge in [-0.1, -0.05) is 12.1 Å². The van der Waals surface area contributed by atoms with Crippen molar-refractivity contribution in [3.8, 4) is 34.6 Å². The van der Waals surface area contributed by atoms with Crippen LogP contribution in [0.3, 0.4) is 0 Å². The number of H-pyrrole nitrogens is 1. The summed E-state index contributed by atoms with van der Waals surface area (Å²) in [6.45, 7) is 2.26. The second-order valence-corrected chi connectivity index (χ2v) is 8.79. The molecule has 34 heavy (non-hydrogen) atoms. The Kier molecular flexibility index (Phi) is 6.11. The Hall–Kier alpha value is -4.13. The second kappa shape index (κ2) is 9.02. The Morgan fingerprint density at radius 3 is 2.35 bits per heavy atom. The van der Waals surface area contributed by atoms with Crippen LogP contribution in [-0.4, -0.2) is 60.0 Å². The number of pyridine rings is 1. The summed E-state index contributed by atoms with van der Waals surface area (Å²) in [5.41, 5.74) is 0.341. The van der Waals surface area contributed by atoms with E-state index >= 15 is 0 Å². The third kappa shape index (κ3) is 4.37. The van der Waals surface area contributed by atoms with Gasteiger partial charge in [0.15, 0.2) is 17.1 Å². The van der Waals surface area contributed by atoms with E-state index in [2.05, 4.69) is 24.7 Å². The van der Waals surface area contributed by atoms with E-state index in [1.807, 2.05) is 6.92 Å². The van der Waals surface area contributed by atoms with E-state index in [4.69, 9.17) is 14.2 Å². The number of aromatic nitrogens is 5. The quantitative estimate of drug-likeness (QED) is 0.380. The van der Waals surface area contributed by atoms with Crippen molar-refractivity contribution < 1.29 is 24.1 Å². The lowest BCUT2D eigenvalue weighted by atomic mass is 10.2. The zero-order chi connectivity index (χ0) is 24.5. The molecular formula is C21H24N6O6S. The summed E-state index contributed by atoms with van der Waals surface area (Å²) in [4.78, 5) is 28.4. The number of hydrogen-bond donors (Lipinski definition) is 2. The number of anilines is 1. The maximum Gasteiger partial charge on any atom is 0.293 e. The van der Waals surface area contributed by atoms with Crippen LogP contribution in [0.25, 0.3) is 28.5 Å². The summed E-state index contributed by atoms with van der Waals surface area (Å²) in [5, 5.41) is 0. The fourth-order valence-corrected chi connectivity index (χ4v) is 3.86. The number of sulfonamides is 1. The number of hydrogen-bond acceptors (Lipinski definition) is 9. The summed E-state index contributed by atoms with van der Waals surface area (Å²) < 4.78 is 43.9. The minimum Gasteiger partial charge on any atom is -0.494 e. The number of aromatic amines is 1. The van der Waals surface area contributed by atoms with Crippen LogP contribution in [0.1, 0.15) is 8.35 Å². The van der Waals surface area contributed by atoms with E-state index < -0.39 is 21.4 Å². The molecule has 0 saturated carbocycles. The number of nitrogens with one attached hydrogen (secondary N) is 2. The molecule has 0 bridgehead atoms. The lowest BCUT2D eigenvalue weighted by molar-refractivity contribution is 0.327. The molecule has 0 fully saturated rings. The fourth-order valence-electron chi connectivity index (χ4n) is 3.37. The summed E-state index contributed by atoms with van der Waals surface area (Å²) in [6.07, 6.45) is 0.924. The largest absolute Gasteiger partial charge is 0.494 e. The summed E-state index contributed by atoms with van der Waals surface area (Å²) in [7, 11) is -0.775. The molecule has 1 aromatic carbocycles. The third-order valence-electron chi connectivity index (χ3n) is 4.67. The number of imidazole rings is 1. The molecule has 12 nitrogen and oxygen atoms in total. The van der Waals surface area contributed by atoms with Crippen LogP contribution in [0.4, 0.5) is 5.82 Å². The van der Waals surface area contributed by atoms with Crippen LogP contribution < -0.4 is 24.5 Å². The Morgan fingerprint density at radius 1 is 1.06 bits per heavy atom. The monoisotopic (exact) mass is 488 g/mol. The lowest BCUT2D eigenvalue weighted by Crippen LogP contribution is -2.21. The zero-order valence-corrected chi connectivity index (χ0v) is 19.6. The normalized spacial score (nSPS) is 11.4. The van der Waals surface area contributed by atoms with Gasteiger partial charge in [-0.05, 0) is 25.1 Å². The highest BCUT2D eigenvalue weighted by Gasteiger charge is 2.24. The molecule has 0 radical (unpaired) electrons. The van der Waals surface area contributed by atoms with E-state index in [1.165, 1.54) is 14.2 Å². The molecule has 0 aliphatic heterocycles. The van der Waals surface area contributed by atoms with Gasteiger partial charge in [0.2, 0.25) is 21.7 Å². The first-order chi connectivity index (χ1) is 16.3. The Balaban J connectivity index is 0.00000342. The van der Waals surface area contributed by atoms with Crippen LogP contribution in [0.2, 0.25) is 0 Å². The van der Waals surface area contributed by atoms with Crippen LogP contribution in [0.15, 0.2) is 41.2 Å². The van der Waals surface area contributed by atoms with Crippen LogP contribution in [-0.2, 0) is 10.0 Å². The van der Waals surface area contributed by atoms with Gasteiger partial charge >= 0.3 is 0 Å². The average molecular weight is 489 g/mol. The number of benzene rings is 1. The molecule has 4 rings (SSSR count). The van der Waals surface area contributed by atoms with Crippen LogP contribution in [0, 0.1) is 0 Å². The number of rotatable bonds is 8. The van der Waals surface area contributed by atoms with E-state index in [0.717, 1.165) is 6.26 Å². The van der Waals surface area contributed by atoms with E-state index in [-0.39, 0.29) is 12.7 Å². The first kappa shape index (κ1) is 23.0. The maximum absolute atomic E-state index is 12.5. The van der Waals surface area contributed by atoms with E-state index in [9.17, 15) is 13.2 Å². The molecule has 4 aromatic rings. The first-order valence-electron chi connectivity index (χ1n) is 10.1. The van der Waals surface area contributed by atoms with Crippen molar-refractivity contribution in [2.75, 3.05) is 31.8 Å². The number of fused-ring (bicyclic) bond motifs is 1. The van der Waals surface area contributed by atoms with Gasteiger partial charge in [0.1, 0.15) is 22.9 Å². The minimum absolute atomic E-state index is 0. The van der Waals surface area contributed by atoms with Gasteiger partial charge in [0, 0.05) is 7.49 Å². The molecule has 3 aromatic heterocycles. The second-order valence-electron chi connectivity index (χ2n) is 7.04. The molecule has 2 N–H and O–H groups in total. The maximum atomic E-state index is 12.5. The number of para-hydroxylation sites is 1. The van der Waals surface area contributed by atoms with Gasteiger partial charge in [-0.25, -0.2) is 23.4 Å². The van der Waals surface area contributed by atoms with E-state index in [1.54, 1.807) is 41.0 Å². The molecule has 3 heterocycles. The van der Waals surface area contributed by atoms with E-state index in [0.29, 0.717) is 41.2 Å². The topological polar surface area (TPSA) is 150 Å². The number of ether oxygens (including phenoxy) is 3. The van der Waals surface area contributed by atoms with Crippen molar-refractivity contribution in [2.24, 2.45) is 0 Å². The molecule has 0 saturated heterocycles. The van der Waals surface area contributed by atoms with Gasteiger partial charge in [-0.3, -0.25) is 14.1 Å². The van der Waals surface area contributed by atoms with Crippen LogP contribution in [0.5, 0.6) is 17.4 Å². The number of nitrogens with zero attached hydrogens (tertiary/aromatic N) is 4. The molecule has 0 aliphatic carbocycles. The predicted octanol–water partition coefficient (Wildman–Crippen LogP) is 2.20. The Morgan fingerprint density at radius 2 is 1.74 bits per heavy atom. The SMILES string of the molecule is CCOc1cccc(-c2nc3[nH]c(=O)c(NS(C)(=O)=O)nc3n2-c2c(OC)cccc2OC)n1.[HH]. The highest BCUT2D eigenvalue weighted by atomic mass is 32.2. The van der Waals surface area contributed by atoms with Crippen molar-refractivity contribution in [3.05, 3.63) is 46.8 Å². The van der Waals surface area contributed by atoms with Crippen molar-refractivity contribution >= 4 is 27.1 Å². The predicted molar refractivity (Wildman–Crippen MR) is 128 cm³/mol. The van der Waals surface area contributed by atoms with Crippen LogP contribution >= 0.6 is 0 Å². The van der Waals surface area contributed by atoms with Crippen molar-refractivity contribution in [1.82, 2.24) is 24.5 Å². The smallest absolute Gasteiger partial charge is 0.293 e. The molecule has 0 amide bonds. The Labute approximate surface area is 196 Å². The van der Waals surface area contributed by atoms with Gasteiger partial charge < -0.3 is 19.2 Å². The van der Waals surface area contributed by atoms with Crippen molar-refractivity contribution in [1.29, 1.82) is 0 Å². The lowest BCUT2D eigenvalue weighted by Gasteiger charge is -2.16. The Bertz CT molecular complexity index is 1510. The highest BCUT2D eigenvalue weighted by molar-refractivity contribution is 7.92. The molecule has 0 aliphatic rings. The summed E-state index contributed by atoms with van der Waals surface area (Å²) in [5.74, 6) is 1.11. The van der Waals surface area contributed by atoms with Gasteiger partial charge in [0.25, 0.3) is 5.56 Å². The third-order valence-corrected chi connectivity index (χ3v) is 5.23. The highest BCUT2D eigenvalue weighted by Crippen LogP contribution is 2.37. The molecule has 13 heteroatoms. The van der Waals surface area contributed by atoms with Gasteiger partial charge in [0.05, 0.1) is 27.1 Å². The molecule has 0 unspecified atom stereocenters. The zero-order valence-electron chi connectivity index (χ0n) is 18.8. The molecule has 180 valence electrons. The van der Waals surface area contributed by atoms with Crippen molar-refractivity contribution in [3.63, 3.8) is 0 Å². The standard InChI is InChI=1S/C21H22N6O6S.H2/c1-5-33-15-11-6-8-12(22-15)19-23-17-20(24-18(21(28)25-17)26-34(4,29)30)27(19)16-13(31-2)9-7-10-14(16)32-3;/h6-11H,5H2,1-4H3,(H,24,26)(H,25,28);1H. The van der Waals surface area contributed by atoms with Gasteiger partial charge in [-0.15, -0.1) is 0 Å². The van der Waals surface area contributed by atoms with Crippen molar-refractivity contribution in [2.45, 2.75) is 6.92 Å². The fraction of sp³-hybridized carbons (Fsp3) is 0.238. The summed E-state index contributed by atoms with van der Waals surface area (Å²) in [6, 6.07) is 10.4. The van der Waals surface area contributed by atoms with Gasteiger partial charge in [-0.2, -0.15) is 0 Å². The molecule has 0 spiro atoms. The molecule has 0 atom stereocenters. The molecular weight excluding hydrogens is 464 g/mol. The number of methoxy groups -OCH3 is 2.